The highest BCUT2D eigenvalue weighted by atomic mass is 32.2. The lowest BCUT2D eigenvalue weighted by atomic mass is 10.0. The number of carbonyl (C=O) groups excluding carboxylic acids is 1. The maximum atomic E-state index is 11.8. The molecule has 88 valence electrons. The third kappa shape index (κ3) is 4.89. The first-order chi connectivity index (χ1) is 7.24. The third-order valence-electron chi connectivity index (χ3n) is 2.77. The Morgan fingerprint density at radius 1 is 1.60 bits per heavy atom. The van der Waals surface area contributed by atoms with Gasteiger partial charge in [0.05, 0.1) is 6.04 Å². The quantitative estimate of drug-likeness (QED) is 0.750. The fourth-order valence-corrected chi connectivity index (χ4v) is 2.38. The van der Waals surface area contributed by atoms with E-state index in [1.807, 2.05) is 11.8 Å². The fourth-order valence-electron chi connectivity index (χ4n) is 1.79. The number of nitrogens with one attached hydrogen (secondary N) is 2. The summed E-state index contributed by atoms with van der Waals surface area (Å²) in [5.74, 6) is 1.29. The summed E-state index contributed by atoms with van der Waals surface area (Å²) in [4.78, 5) is 11.8. The van der Waals surface area contributed by atoms with Crippen molar-refractivity contribution in [3.05, 3.63) is 0 Å². The Hall–Kier alpha value is -0.220. The molecule has 4 heteroatoms. The summed E-state index contributed by atoms with van der Waals surface area (Å²) < 4.78 is 0. The fraction of sp³-hybridized carbons (Fsp3) is 0.909. The molecule has 0 aliphatic carbocycles. The van der Waals surface area contributed by atoms with Gasteiger partial charge in [0.2, 0.25) is 5.91 Å². The maximum absolute atomic E-state index is 11.8. The molecule has 1 heterocycles. The lowest BCUT2D eigenvalue weighted by molar-refractivity contribution is -0.124. The number of rotatable bonds is 5. The van der Waals surface area contributed by atoms with Crippen LogP contribution in [0.4, 0.5) is 0 Å². The Morgan fingerprint density at radius 2 is 2.40 bits per heavy atom. The maximum Gasteiger partial charge on any atom is 0.237 e. The summed E-state index contributed by atoms with van der Waals surface area (Å²) in [5.41, 5.74) is 0. The molecule has 15 heavy (non-hydrogen) atoms. The first kappa shape index (κ1) is 12.8. The van der Waals surface area contributed by atoms with E-state index in [1.54, 1.807) is 0 Å². The number of thioether (sulfide) groups is 1. The minimum absolute atomic E-state index is 0.0514. The Labute approximate surface area is 96.8 Å². The smallest absolute Gasteiger partial charge is 0.237 e. The van der Waals surface area contributed by atoms with Gasteiger partial charge in [-0.3, -0.25) is 4.79 Å². The second kappa shape index (κ2) is 7.12. The highest BCUT2D eigenvalue weighted by Crippen LogP contribution is 2.07. The van der Waals surface area contributed by atoms with E-state index < -0.39 is 0 Å². The molecule has 0 aromatic carbocycles. The second-order valence-electron chi connectivity index (χ2n) is 4.19. The molecule has 2 atom stereocenters. The Kier molecular flexibility index (Phi) is 6.10. The highest BCUT2D eigenvalue weighted by molar-refractivity contribution is 7.98. The van der Waals surface area contributed by atoms with Crippen LogP contribution in [-0.2, 0) is 4.79 Å². The largest absolute Gasteiger partial charge is 0.352 e. The molecule has 1 saturated heterocycles. The molecule has 2 N–H and O–H groups in total. The number of piperidine rings is 1. The van der Waals surface area contributed by atoms with E-state index in [0.717, 1.165) is 25.1 Å². The van der Waals surface area contributed by atoms with Crippen LogP contribution in [0.15, 0.2) is 0 Å². The van der Waals surface area contributed by atoms with Crippen LogP contribution in [-0.4, -0.2) is 36.5 Å². The lowest BCUT2D eigenvalue weighted by Gasteiger charge is -2.24. The molecule has 1 amide bonds. The topological polar surface area (TPSA) is 41.1 Å². The number of carbonyl (C=O) groups is 1. The zero-order chi connectivity index (χ0) is 11.1. The number of hydrogen-bond donors (Lipinski definition) is 2. The molecule has 0 spiro atoms. The van der Waals surface area contributed by atoms with Crippen molar-refractivity contribution in [1.82, 2.24) is 10.6 Å². The van der Waals surface area contributed by atoms with Crippen LogP contribution in [0, 0.1) is 0 Å². The highest BCUT2D eigenvalue weighted by Gasteiger charge is 2.21. The van der Waals surface area contributed by atoms with Gasteiger partial charge in [-0.25, -0.2) is 0 Å². The zero-order valence-electron chi connectivity index (χ0n) is 9.71. The lowest BCUT2D eigenvalue weighted by Crippen LogP contribution is -2.49. The van der Waals surface area contributed by atoms with Gasteiger partial charge in [0.15, 0.2) is 0 Å². The third-order valence-corrected chi connectivity index (χ3v) is 3.41. The average molecular weight is 230 g/mol. The van der Waals surface area contributed by atoms with E-state index in [1.165, 1.54) is 12.8 Å². The molecule has 1 rings (SSSR count). The molecule has 2 unspecified atom stereocenters. The van der Waals surface area contributed by atoms with Crippen molar-refractivity contribution in [2.75, 3.05) is 18.6 Å². The molecule has 0 aromatic heterocycles. The van der Waals surface area contributed by atoms with Gasteiger partial charge in [-0.15, -0.1) is 0 Å². The molecule has 0 radical (unpaired) electrons. The van der Waals surface area contributed by atoms with E-state index in [2.05, 4.69) is 23.8 Å². The van der Waals surface area contributed by atoms with E-state index in [9.17, 15) is 4.79 Å². The van der Waals surface area contributed by atoms with E-state index in [0.29, 0.717) is 6.04 Å². The first-order valence-corrected chi connectivity index (χ1v) is 7.16. The van der Waals surface area contributed by atoms with E-state index >= 15 is 0 Å². The first-order valence-electron chi connectivity index (χ1n) is 5.76. The van der Waals surface area contributed by atoms with Crippen LogP contribution in [0.2, 0.25) is 0 Å². The van der Waals surface area contributed by atoms with E-state index in [4.69, 9.17) is 0 Å². The van der Waals surface area contributed by atoms with Crippen molar-refractivity contribution >= 4 is 17.7 Å². The van der Waals surface area contributed by atoms with Crippen molar-refractivity contribution in [2.45, 2.75) is 44.7 Å². The molecule has 3 nitrogen and oxygen atoms in total. The van der Waals surface area contributed by atoms with Gasteiger partial charge >= 0.3 is 0 Å². The second-order valence-corrected chi connectivity index (χ2v) is 5.18. The summed E-state index contributed by atoms with van der Waals surface area (Å²) >= 11 is 1.83. The van der Waals surface area contributed by atoms with Crippen molar-refractivity contribution in [3.63, 3.8) is 0 Å². The molecular weight excluding hydrogens is 208 g/mol. The van der Waals surface area contributed by atoms with Crippen molar-refractivity contribution < 1.29 is 4.79 Å². The zero-order valence-corrected chi connectivity index (χ0v) is 10.5. The molecule has 1 aliphatic rings. The van der Waals surface area contributed by atoms with Gasteiger partial charge in [0, 0.05) is 6.04 Å². The number of hydrogen-bond acceptors (Lipinski definition) is 3. The van der Waals surface area contributed by atoms with Gasteiger partial charge in [0.1, 0.15) is 0 Å². The SMILES string of the molecule is CSCCC(C)NC(=O)C1CCCCN1. The van der Waals surface area contributed by atoms with Crippen molar-refractivity contribution in [3.8, 4) is 0 Å². The molecule has 1 fully saturated rings. The van der Waals surface area contributed by atoms with Gasteiger partial charge in [-0.05, 0) is 44.7 Å². The van der Waals surface area contributed by atoms with Crippen LogP contribution in [0.5, 0.6) is 0 Å². The molecule has 0 aromatic rings. The molecular formula is C11H22N2OS. The van der Waals surface area contributed by atoms with Gasteiger partial charge in [-0.2, -0.15) is 11.8 Å². The monoisotopic (exact) mass is 230 g/mol. The average Bonchev–Trinajstić information content (AvgIpc) is 2.27. The van der Waals surface area contributed by atoms with Crippen LogP contribution < -0.4 is 10.6 Å². The summed E-state index contributed by atoms with van der Waals surface area (Å²) in [6.45, 7) is 3.06. The summed E-state index contributed by atoms with van der Waals surface area (Å²) in [7, 11) is 0. The standard InChI is InChI=1S/C11H22N2OS/c1-9(6-8-15-2)13-11(14)10-5-3-4-7-12-10/h9-10,12H,3-8H2,1-2H3,(H,13,14). The molecule has 0 saturated carbocycles. The number of amides is 1. The summed E-state index contributed by atoms with van der Waals surface area (Å²) in [6.07, 6.45) is 6.51. The molecule has 1 aliphatic heterocycles. The summed E-state index contributed by atoms with van der Waals surface area (Å²) in [6, 6.07) is 0.351. The van der Waals surface area contributed by atoms with Crippen LogP contribution in [0.3, 0.4) is 0 Å². The minimum Gasteiger partial charge on any atom is -0.352 e. The predicted molar refractivity (Wildman–Crippen MR) is 66.2 cm³/mol. The Bertz CT molecular complexity index is 193. The van der Waals surface area contributed by atoms with Gasteiger partial charge in [-0.1, -0.05) is 6.42 Å². The summed E-state index contributed by atoms with van der Waals surface area (Å²) in [5, 5.41) is 6.33. The minimum atomic E-state index is 0.0514. The van der Waals surface area contributed by atoms with Gasteiger partial charge in [0.25, 0.3) is 0 Å². The van der Waals surface area contributed by atoms with Gasteiger partial charge < -0.3 is 10.6 Å². The van der Waals surface area contributed by atoms with E-state index in [-0.39, 0.29) is 11.9 Å². The Morgan fingerprint density at radius 3 is 3.00 bits per heavy atom. The van der Waals surface area contributed by atoms with Crippen molar-refractivity contribution in [1.29, 1.82) is 0 Å². The predicted octanol–water partition coefficient (Wildman–Crippen LogP) is 1.39. The van der Waals surface area contributed by atoms with Crippen LogP contribution in [0.1, 0.15) is 32.6 Å². The van der Waals surface area contributed by atoms with Crippen LogP contribution in [0.25, 0.3) is 0 Å². The molecule has 0 bridgehead atoms. The van der Waals surface area contributed by atoms with Crippen LogP contribution >= 0.6 is 11.8 Å². The Balaban J connectivity index is 2.21. The van der Waals surface area contributed by atoms with Crippen molar-refractivity contribution in [2.24, 2.45) is 0 Å². The normalized spacial score (nSPS) is 23.5.